The third kappa shape index (κ3) is 3.25. The first-order valence-electron chi connectivity index (χ1n) is 7.02. The highest BCUT2D eigenvalue weighted by atomic mass is 79.9. The monoisotopic (exact) mass is 351 g/mol. The van der Waals surface area contributed by atoms with Crippen LogP contribution in [0.5, 0.6) is 5.75 Å². The fourth-order valence-electron chi connectivity index (χ4n) is 2.79. The van der Waals surface area contributed by atoms with Crippen LogP contribution in [0.2, 0.25) is 0 Å². The van der Waals surface area contributed by atoms with Crippen LogP contribution < -0.4 is 5.32 Å². The molecule has 2 nitrogen and oxygen atoms in total. The highest BCUT2D eigenvalue weighted by Crippen LogP contribution is 2.37. The topological polar surface area (TPSA) is 32.3 Å². The average Bonchev–Trinajstić information content (AvgIpc) is 2.82. The molecule has 0 spiro atoms. The molecule has 1 aliphatic rings. The largest absolute Gasteiger partial charge is 0.508 e. The second-order valence-corrected chi connectivity index (χ2v) is 7.76. The van der Waals surface area contributed by atoms with Gasteiger partial charge in [0.1, 0.15) is 5.75 Å². The zero-order chi connectivity index (χ0) is 13.9. The molecule has 1 atom stereocenters. The van der Waals surface area contributed by atoms with Crippen LogP contribution in [-0.2, 0) is 12.8 Å². The van der Waals surface area contributed by atoms with Gasteiger partial charge >= 0.3 is 0 Å². The molecular weight excluding hydrogens is 334 g/mol. The third-order valence-electron chi connectivity index (χ3n) is 3.82. The van der Waals surface area contributed by atoms with E-state index in [4.69, 9.17) is 0 Å². The van der Waals surface area contributed by atoms with E-state index in [0.29, 0.717) is 11.8 Å². The van der Waals surface area contributed by atoms with E-state index in [1.165, 1.54) is 39.1 Å². The second-order valence-electron chi connectivity index (χ2n) is 5.24. The lowest BCUT2D eigenvalue weighted by Crippen LogP contribution is -2.26. The molecule has 4 heteroatoms. The number of nitrogens with one attached hydrogen (secondary N) is 1. The first-order chi connectivity index (χ1) is 9.72. The minimum Gasteiger partial charge on any atom is -0.508 e. The van der Waals surface area contributed by atoms with Crippen LogP contribution in [-0.4, -0.2) is 11.7 Å². The molecule has 0 amide bonds. The van der Waals surface area contributed by atoms with Crippen LogP contribution >= 0.6 is 27.3 Å². The van der Waals surface area contributed by atoms with Crippen LogP contribution in [0.1, 0.15) is 34.9 Å². The van der Waals surface area contributed by atoms with Gasteiger partial charge in [-0.3, -0.25) is 0 Å². The predicted molar refractivity (Wildman–Crippen MR) is 87.5 cm³/mol. The van der Waals surface area contributed by atoms with Crippen molar-refractivity contribution in [3.05, 3.63) is 50.1 Å². The van der Waals surface area contributed by atoms with E-state index < -0.39 is 0 Å². The maximum Gasteiger partial charge on any atom is 0.115 e. The number of fused-ring (bicyclic) bond motifs is 1. The summed E-state index contributed by atoms with van der Waals surface area (Å²) in [6.07, 6.45) is 4.72. The molecule has 1 aliphatic carbocycles. The standard InChI is InChI=1S/C16H18BrNOS/c17-16-10-13-14(2-1-3-15(13)20-16)18-9-8-11-4-6-12(19)7-5-11/h4-7,10,14,18-19H,1-3,8-9H2. The molecular formula is C16H18BrNOS. The Morgan fingerprint density at radius 1 is 1.30 bits per heavy atom. The van der Waals surface area contributed by atoms with Gasteiger partial charge in [-0.1, -0.05) is 12.1 Å². The van der Waals surface area contributed by atoms with Crippen LogP contribution in [0.15, 0.2) is 34.1 Å². The minimum atomic E-state index is 0.335. The fraction of sp³-hybridized carbons (Fsp3) is 0.375. The highest BCUT2D eigenvalue weighted by molar-refractivity contribution is 9.11. The van der Waals surface area contributed by atoms with Crippen molar-refractivity contribution in [1.82, 2.24) is 5.32 Å². The van der Waals surface area contributed by atoms with Crippen LogP contribution in [0.4, 0.5) is 0 Å². The lowest BCUT2D eigenvalue weighted by molar-refractivity contribution is 0.466. The minimum absolute atomic E-state index is 0.335. The molecule has 2 aromatic rings. The molecule has 0 aliphatic heterocycles. The fourth-order valence-corrected chi connectivity index (χ4v) is 4.61. The summed E-state index contributed by atoms with van der Waals surface area (Å²) in [5.41, 5.74) is 2.75. The van der Waals surface area contributed by atoms with Gasteiger partial charge in [-0.2, -0.15) is 0 Å². The molecule has 1 unspecified atom stereocenters. The molecule has 20 heavy (non-hydrogen) atoms. The first kappa shape index (κ1) is 14.1. The summed E-state index contributed by atoms with van der Waals surface area (Å²) in [6, 6.07) is 10.3. The molecule has 3 rings (SSSR count). The Labute approximate surface area is 132 Å². The molecule has 1 aromatic heterocycles. The SMILES string of the molecule is Oc1ccc(CCNC2CCCc3sc(Br)cc32)cc1. The Morgan fingerprint density at radius 3 is 2.90 bits per heavy atom. The molecule has 0 saturated heterocycles. The second kappa shape index (κ2) is 6.29. The van der Waals surface area contributed by atoms with Gasteiger partial charge in [-0.25, -0.2) is 0 Å². The van der Waals surface area contributed by atoms with Crippen LogP contribution in [0.25, 0.3) is 0 Å². The van der Waals surface area contributed by atoms with Gasteiger partial charge in [0, 0.05) is 10.9 Å². The maximum absolute atomic E-state index is 9.28. The van der Waals surface area contributed by atoms with Gasteiger partial charge in [0.05, 0.1) is 3.79 Å². The van der Waals surface area contributed by atoms with Crippen molar-refractivity contribution >= 4 is 27.3 Å². The molecule has 0 saturated carbocycles. The van der Waals surface area contributed by atoms with Crippen molar-refractivity contribution in [1.29, 1.82) is 0 Å². The molecule has 0 fully saturated rings. The lowest BCUT2D eigenvalue weighted by Gasteiger charge is -2.23. The summed E-state index contributed by atoms with van der Waals surface area (Å²) in [6.45, 7) is 0.975. The Kier molecular flexibility index (Phi) is 4.44. The van der Waals surface area contributed by atoms with Gasteiger partial charge in [0.15, 0.2) is 0 Å². The molecule has 0 radical (unpaired) electrons. The summed E-state index contributed by atoms with van der Waals surface area (Å²) in [5, 5.41) is 13.0. The van der Waals surface area contributed by atoms with E-state index in [9.17, 15) is 5.11 Å². The summed E-state index contributed by atoms with van der Waals surface area (Å²) < 4.78 is 1.25. The summed E-state index contributed by atoms with van der Waals surface area (Å²) in [5.74, 6) is 0.335. The smallest absolute Gasteiger partial charge is 0.115 e. The number of benzene rings is 1. The predicted octanol–water partition coefficient (Wildman–Crippen LogP) is 4.43. The number of aryl methyl sites for hydroxylation is 1. The number of hydrogen-bond donors (Lipinski definition) is 2. The summed E-state index contributed by atoms with van der Waals surface area (Å²) in [4.78, 5) is 1.53. The number of halogens is 1. The van der Waals surface area contributed by atoms with E-state index in [2.05, 4.69) is 27.3 Å². The zero-order valence-corrected chi connectivity index (χ0v) is 13.6. The Morgan fingerprint density at radius 2 is 2.10 bits per heavy atom. The number of rotatable bonds is 4. The Balaban J connectivity index is 1.58. The normalized spacial score (nSPS) is 17.9. The number of aromatic hydroxyl groups is 1. The van der Waals surface area contributed by atoms with Gasteiger partial charge in [0.2, 0.25) is 0 Å². The van der Waals surface area contributed by atoms with Crippen molar-refractivity contribution in [2.45, 2.75) is 31.7 Å². The van der Waals surface area contributed by atoms with E-state index in [1.807, 2.05) is 23.5 Å². The first-order valence-corrected chi connectivity index (χ1v) is 8.63. The third-order valence-corrected chi connectivity index (χ3v) is 5.54. The van der Waals surface area contributed by atoms with E-state index >= 15 is 0 Å². The van der Waals surface area contributed by atoms with Crippen molar-refractivity contribution in [2.24, 2.45) is 0 Å². The number of thiophene rings is 1. The lowest BCUT2D eigenvalue weighted by atomic mass is 9.94. The quantitative estimate of drug-likeness (QED) is 0.853. The molecule has 106 valence electrons. The maximum atomic E-state index is 9.28. The zero-order valence-electron chi connectivity index (χ0n) is 11.2. The Bertz CT molecular complexity index is 579. The van der Waals surface area contributed by atoms with Crippen molar-refractivity contribution < 1.29 is 5.11 Å². The van der Waals surface area contributed by atoms with Gasteiger partial charge in [0.25, 0.3) is 0 Å². The molecule has 0 bridgehead atoms. The molecule has 2 N–H and O–H groups in total. The average molecular weight is 352 g/mol. The van der Waals surface area contributed by atoms with Crippen molar-refractivity contribution in [3.8, 4) is 5.75 Å². The van der Waals surface area contributed by atoms with Crippen LogP contribution in [0.3, 0.4) is 0 Å². The number of phenols is 1. The van der Waals surface area contributed by atoms with E-state index in [0.717, 1.165) is 13.0 Å². The Hall–Kier alpha value is -0.840. The van der Waals surface area contributed by atoms with E-state index in [1.54, 1.807) is 12.1 Å². The highest BCUT2D eigenvalue weighted by Gasteiger charge is 2.21. The van der Waals surface area contributed by atoms with Gasteiger partial charge < -0.3 is 10.4 Å². The summed E-state index contributed by atoms with van der Waals surface area (Å²) in [7, 11) is 0. The number of phenolic OH excluding ortho intramolecular Hbond substituents is 1. The van der Waals surface area contributed by atoms with Crippen molar-refractivity contribution in [2.75, 3.05) is 6.54 Å². The number of hydrogen-bond acceptors (Lipinski definition) is 3. The molecule has 1 heterocycles. The van der Waals surface area contributed by atoms with E-state index in [-0.39, 0.29) is 0 Å². The van der Waals surface area contributed by atoms with Crippen molar-refractivity contribution in [3.63, 3.8) is 0 Å². The van der Waals surface area contributed by atoms with Crippen LogP contribution in [0, 0.1) is 0 Å². The van der Waals surface area contributed by atoms with Gasteiger partial charge in [-0.05, 0) is 77.5 Å². The molecule has 1 aromatic carbocycles. The van der Waals surface area contributed by atoms with Gasteiger partial charge in [-0.15, -0.1) is 11.3 Å². The summed E-state index contributed by atoms with van der Waals surface area (Å²) >= 11 is 5.47.